The number of rotatable bonds is 8. The lowest BCUT2D eigenvalue weighted by atomic mass is 10.3. The van der Waals surface area contributed by atoms with Gasteiger partial charge in [-0.2, -0.15) is 0 Å². The average Bonchev–Trinajstić information content (AvgIpc) is 2.82. The molecule has 1 aliphatic rings. The topological polar surface area (TPSA) is 44.4 Å². The summed E-state index contributed by atoms with van der Waals surface area (Å²) in [7, 11) is 0. The maximum Gasteiger partial charge on any atom is 0.236 e. The van der Waals surface area contributed by atoms with Crippen LogP contribution < -0.4 is 10.6 Å². The summed E-state index contributed by atoms with van der Waals surface area (Å²) >= 11 is 0. The summed E-state index contributed by atoms with van der Waals surface area (Å²) in [6, 6.07) is -0.0746. The van der Waals surface area contributed by atoms with Gasteiger partial charge in [-0.1, -0.05) is 13.3 Å². The van der Waals surface area contributed by atoms with Gasteiger partial charge in [0.25, 0.3) is 0 Å². The van der Waals surface area contributed by atoms with Crippen LogP contribution in [0.25, 0.3) is 0 Å². The number of amides is 1. The van der Waals surface area contributed by atoms with E-state index in [0.717, 1.165) is 32.5 Å². The monoisotopic (exact) mass is 241 g/mol. The summed E-state index contributed by atoms with van der Waals surface area (Å²) in [5.41, 5.74) is 0. The molecule has 1 saturated heterocycles. The molecule has 100 valence electrons. The minimum absolute atomic E-state index is 0.0746. The van der Waals surface area contributed by atoms with Gasteiger partial charge in [0.1, 0.15) is 0 Å². The van der Waals surface area contributed by atoms with E-state index in [0.29, 0.717) is 0 Å². The largest absolute Gasteiger partial charge is 0.355 e. The molecule has 4 nitrogen and oxygen atoms in total. The third-order valence-electron chi connectivity index (χ3n) is 3.30. The van der Waals surface area contributed by atoms with Crippen LogP contribution in [0.15, 0.2) is 0 Å². The van der Waals surface area contributed by atoms with Crippen LogP contribution in [0.2, 0.25) is 0 Å². The van der Waals surface area contributed by atoms with Gasteiger partial charge >= 0.3 is 0 Å². The number of hydrogen-bond acceptors (Lipinski definition) is 3. The zero-order valence-corrected chi connectivity index (χ0v) is 11.3. The Morgan fingerprint density at radius 3 is 2.65 bits per heavy atom. The molecule has 1 heterocycles. The van der Waals surface area contributed by atoms with E-state index in [1.165, 1.54) is 25.9 Å². The SMILES string of the molecule is CCCCNC(=O)C(C)NCCN1CCCC1. The van der Waals surface area contributed by atoms with Gasteiger partial charge < -0.3 is 15.5 Å². The molecule has 0 aromatic carbocycles. The van der Waals surface area contributed by atoms with Crippen LogP contribution in [0, 0.1) is 0 Å². The number of nitrogens with zero attached hydrogens (tertiary/aromatic N) is 1. The van der Waals surface area contributed by atoms with Crippen LogP contribution in [-0.2, 0) is 4.79 Å². The molecule has 1 atom stereocenters. The smallest absolute Gasteiger partial charge is 0.236 e. The molecule has 1 unspecified atom stereocenters. The van der Waals surface area contributed by atoms with Gasteiger partial charge in [0.05, 0.1) is 6.04 Å². The Hall–Kier alpha value is -0.610. The summed E-state index contributed by atoms with van der Waals surface area (Å²) in [5, 5.41) is 6.23. The van der Waals surface area contributed by atoms with Gasteiger partial charge in [-0.15, -0.1) is 0 Å². The maximum absolute atomic E-state index is 11.7. The predicted octanol–water partition coefficient (Wildman–Crippen LogP) is 0.977. The molecule has 0 aliphatic carbocycles. The second-order valence-electron chi connectivity index (χ2n) is 4.87. The first-order chi connectivity index (χ1) is 8.24. The molecule has 4 heteroatoms. The van der Waals surface area contributed by atoms with Crippen molar-refractivity contribution in [2.45, 2.75) is 45.6 Å². The van der Waals surface area contributed by atoms with Crippen molar-refractivity contribution in [3.05, 3.63) is 0 Å². The van der Waals surface area contributed by atoms with Crippen molar-refractivity contribution in [3.63, 3.8) is 0 Å². The molecule has 0 saturated carbocycles. The van der Waals surface area contributed by atoms with E-state index < -0.39 is 0 Å². The molecule has 1 aliphatic heterocycles. The predicted molar refractivity (Wildman–Crippen MR) is 71.1 cm³/mol. The van der Waals surface area contributed by atoms with Crippen LogP contribution >= 0.6 is 0 Å². The van der Waals surface area contributed by atoms with Gasteiger partial charge in [-0.3, -0.25) is 4.79 Å². The fourth-order valence-electron chi connectivity index (χ4n) is 2.08. The minimum atomic E-state index is -0.0746. The van der Waals surface area contributed by atoms with Crippen LogP contribution in [0.3, 0.4) is 0 Å². The van der Waals surface area contributed by atoms with Crippen molar-refractivity contribution in [3.8, 4) is 0 Å². The van der Waals surface area contributed by atoms with E-state index in [-0.39, 0.29) is 11.9 Å². The Morgan fingerprint density at radius 1 is 1.29 bits per heavy atom. The zero-order valence-electron chi connectivity index (χ0n) is 11.3. The summed E-state index contributed by atoms with van der Waals surface area (Å²) < 4.78 is 0. The quantitative estimate of drug-likeness (QED) is 0.623. The summed E-state index contributed by atoms with van der Waals surface area (Å²) in [6.45, 7) is 9.27. The molecular formula is C13H27N3O. The van der Waals surface area contributed by atoms with E-state index in [1.807, 2.05) is 6.92 Å². The van der Waals surface area contributed by atoms with E-state index in [1.54, 1.807) is 0 Å². The second-order valence-corrected chi connectivity index (χ2v) is 4.87. The zero-order chi connectivity index (χ0) is 12.5. The maximum atomic E-state index is 11.7. The summed E-state index contributed by atoms with van der Waals surface area (Å²) in [4.78, 5) is 14.1. The summed E-state index contributed by atoms with van der Waals surface area (Å²) in [5.74, 6) is 0.125. The van der Waals surface area contributed by atoms with Crippen molar-refractivity contribution < 1.29 is 4.79 Å². The van der Waals surface area contributed by atoms with Crippen molar-refractivity contribution in [2.75, 3.05) is 32.7 Å². The third-order valence-corrected chi connectivity index (χ3v) is 3.30. The van der Waals surface area contributed by atoms with E-state index >= 15 is 0 Å². The highest BCUT2D eigenvalue weighted by molar-refractivity contribution is 5.81. The van der Waals surface area contributed by atoms with Crippen molar-refractivity contribution >= 4 is 5.91 Å². The van der Waals surface area contributed by atoms with Gasteiger partial charge in [0.2, 0.25) is 5.91 Å². The van der Waals surface area contributed by atoms with Crippen LogP contribution in [0.4, 0.5) is 0 Å². The Kier molecular flexibility index (Phi) is 7.21. The number of hydrogen-bond donors (Lipinski definition) is 2. The van der Waals surface area contributed by atoms with Gasteiger partial charge in [0, 0.05) is 19.6 Å². The molecule has 1 fully saturated rings. The number of likely N-dealkylation sites (tertiary alicyclic amines) is 1. The molecule has 17 heavy (non-hydrogen) atoms. The molecule has 1 amide bonds. The first kappa shape index (κ1) is 14.5. The summed E-state index contributed by atoms with van der Waals surface area (Å²) in [6.07, 6.45) is 4.84. The fraction of sp³-hybridized carbons (Fsp3) is 0.923. The highest BCUT2D eigenvalue weighted by Crippen LogP contribution is 2.05. The molecule has 0 radical (unpaired) electrons. The fourth-order valence-corrected chi connectivity index (χ4v) is 2.08. The number of carbonyl (C=O) groups excluding carboxylic acids is 1. The third kappa shape index (κ3) is 6.03. The lowest BCUT2D eigenvalue weighted by Crippen LogP contribution is -2.44. The van der Waals surface area contributed by atoms with E-state index in [9.17, 15) is 4.79 Å². The highest BCUT2D eigenvalue weighted by Gasteiger charge is 2.13. The van der Waals surface area contributed by atoms with Crippen molar-refractivity contribution in [2.24, 2.45) is 0 Å². The minimum Gasteiger partial charge on any atom is -0.355 e. The van der Waals surface area contributed by atoms with Gasteiger partial charge in [-0.25, -0.2) is 0 Å². The van der Waals surface area contributed by atoms with Crippen LogP contribution in [0.1, 0.15) is 39.5 Å². The Balaban J connectivity index is 2.02. The Bertz CT molecular complexity index is 215. The lowest BCUT2D eigenvalue weighted by Gasteiger charge is -2.18. The second kappa shape index (κ2) is 8.48. The molecule has 0 aromatic rings. The Morgan fingerprint density at radius 2 is 2.00 bits per heavy atom. The molecule has 1 rings (SSSR count). The van der Waals surface area contributed by atoms with Crippen LogP contribution in [0.5, 0.6) is 0 Å². The van der Waals surface area contributed by atoms with E-state index in [4.69, 9.17) is 0 Å². The van der Waals surface area contributed by atoms with Gasteiger partial charge in [0.15, 0.2) is 0 Å². The molecule has 0 spiro atoms. The van der Waals surface area contributed by atoms with Crippen molar-refractivity contribution in [1.82, 2.24) is 15.5 Å². The van der Waals surface area contributed by atoms with E-state index in [2.05, 4.69) is 22.5 Å². The normalized spacial score (nSPS) is 18.2. The van der Waals surface area contributed by atoms with Gasteiger partial charge in [-0.05, 0) is 39.3 Å². The highest BCUT2D eigenvalue weighted by atomic mass is 16.2. The molecule has 2 N–H and O–H groups in total. The standard InChI is InChI=1S/C13H27N3O/c1-3-4-7-15-13(17)12(2)14-8-11-16-9-5-6-10-16/h12,14H,3-11H2,1-2H3,(H,15,17). The number of carbonyl (C=O) groups is 1. The molecule has 0 bridgehead atoms. The lowest BCUT2D eigenvalue weighted by molar-refractivity contribution is -0.122. The number of nitrogens with one attached hydrogen (secondary N) is 2. The Labute approximate surface area is 105 Å². The number of unbranched alkanes of at least 4 members (excludes halogenated alkanes) is 1. The first-order valence-corrected chi connectivity index (χ1v) is 6.97. The first-order valence-electron chi connectivity index (χ1n) is 6.97. The van der Waals surface area contributed by atoms with Crippen molar-refractivity contribution in [1.29, 1.82) is 0 Å². The average molecular weight is 241 g/mol. The molecular weight excluding hydrogens is 214 g/mol. The molecule has 0 aromatic heterocycles. The van der Waals surface area contributed by atoms with Crippen LogP contribution in [-0.4, -0.2) is 49.6 Å².